The molecule has 4 aromatic carbocycles. The fraction of sp³-hybridized carbons (Fsp3) is 0.185. The summed E-state index contributed by atoms with van der Waals surface area (Å²) in [6.45, 7) is 2.84. The maximum Gasteiger partial charge on any atom is 0.340 e. The van der Waals surface area contributed by atoms with E-state index in [0.29, 0.717) is 18.7 Å². The second kappa shape index (κ2) is 7.88. The summed E-state index contributed by atoms with van der Waals surface area (Å²) in [5.41, 5.74) is 2.94. The van der Waals surface area contributed by atoms with Crippen LogP contribution in [0.2, 0.25) is 0 Å². The number of hydrogen-bond acceptors (Lipinski definition) is 3. The molecule has 0 saturated carbocycles. The highest BCUT2D eigenvalue weighted by atomic mass is 16.5. The molecular weight excluding hydrogens is 386 g/mol. The lowest BCUT2D eigenvalue weighted by atomic mass is 9.97. The number of carbonyl (C=O) groups is 2. The third-order valence-electron chi connectivity index (χ3n) is 6.05. The minimum Gasteiger partial charge on any atom is -0.449 e. The summed E-state index contributed by atoms with van der Waals surface area (Å²) in [4.78, 5) is 28.1. The molecule has 4 heteroatoms. The van der Waals surface area contributed by atoms with Gasteiger partial charge in [0.1, 0.15) is 0 Å². The van der Waals surface area contributed by atoms with Crippen LogP contribution in [-0.4, -0.2) is 29.4 Å². The molecule has 4 aromatic rings. The first-order chi connectivity index (χ1) is 15.1. The van der Waals surface area contributed by atoms with Crippen molar-refractivity contribution in [2.45, 2.75) is 26.0 Å². The number of nitrogens with zero attached hydrogens (tertiary/aromatic N) is 1. The lowest BCUT2D eigenvalue weighted by molar-refractivity contribution is -0.140. The van der Waals surface area contributed by atoms with Crippen LogP contribution in [0.3, 0.4) is 0 Å². The van der Waals surface area contributed by atoms with E-state index in [1.807, 2.05) is 66.7 Å². The normalized spacial score (nSPS) is 14.3. The van der Waals surface area contributed by atoms with Gasteiger partial charge in [-0.05, 0) is 52.1 Å². The fourth-order valence-corrected chi connectivity index (χ4v) is 4.44. The summed E-state index contributed by atoms with van der Waals surface area (Å²) in [6.07, 6.45) is -0.0354. The van der Waals surface area contributed by atoms with Crippen molar-refractivity contribution >= 4 is 33.4 Å². The molecule has 0 unspecified atom stereocenters. The second-order valence-corrected chi connectivity index (χ2v) is 8.02. The van der Waals surface area contributed by atoms with Crippen LogP contribution < -0.4 is 0 Å². The van der Waals surface area contributed by atoms with Gasteiger partial charge in [-0.25, -0.2) is 4.79 Å². The van der Waals surface area contributed by atoms with E-state index in [1.54, 1.807) is 11.8 Å². The van der Waals surface area contributed by atoms with E-state index in [0.717, 1.165) is 33.5 Å². The average molecular weight is 409 g/mol. The van der Waals surface area contributed by atoms with E-state index in [9.17, 15) is 9.59 Å². The smallest absolute Gasteiger partial charge is 0.340 e. The lowest BCUT2D eigenvalue weighted by Crippen LogP contribution is -2.42. The largest absolute Gasteiger partial charge is 0.449 e. The van der Waals surface area contributed by atoms with Crippen LogP contribution in [0.4, 0.5) is 0 Å². The van der Waals surface area contributed by atoms with Crippen LogP contribution in [0, 0.1) is 0 Å². The van der Waals surface area contributed by atoms with Crippen LogP contribution in [0.1, 0.15) is 28.4 Å². The molecule has 31 heavy (non-hydrogen) atoms. The van der Waals surface area contributed by atoms with E-state index in [-0.39, 0.29) is 5.91 Å². The Morgan fingerprint density at radius 3 is 2.10 bits per heavy atom. The van der Waals surface area contributed by atoms with Crippen molar-refractivity contribution in [3.63, 3.8) is 0 Å². The molecule has 154 valence electrons. The first kappa shape index (κ1) is 19.3. The zero-order chi connectivity index (χ0) is 21.4. The zero-order valence-electron chi connectivity index (χ0n) is 17.4. The van der Waals surface area contributed by atoms with Gasteiger partial charge in [0, 0.05) is 13.1 Å². The Hall–Kier alpha value is -3.66. The van der Waals surface area contributed by atoms with Crippen LogP contribution in [0.5, 0.6) is 0 Å². The highest BCUT2D eigenvalue weighted by molar-refractivity contribution is 6.16. The number of rotatable bonds is 3. The van der Waals surface area contributed by atoms with Crippen molar-refractivity contribution in [1.82, 2.24) is 4.90 Å². The molecule has 0 aromatic heterocycles. The van der Waals surface area contributed by atoms with Gasteiger partial charge in [0.25, 0.3) is 5.91 Å². The molecule has 1 heterocycles. The summed E-state index contributed by atoms with van der Waals surface area (Å²) >= 11 is 0. The molecule has 0 N–H and O–H groups in total. The molecule has 1 amide bonds. The molecule has 0 aliphatic carbocycles. The first-order valence-electron chi connectivity index (χ1n) is 10.6. The third-order valence-corrected chi connectivity index (χ3v) is 6.05. The molecule has 1 aliphatic heterocycles. The first-order valence-corrected chi connectivity index (χ1v) is 10.6. The van der Waals surface area contributed by atoms with Gasteiger partial charge in [0.15, 0.2) is 6.10 Å². The van der Waals surface area contributed by atoms with E-state index in [1.165, 1.54) is 5.56 Å². The predicted molar refractivity (Wildman–Crippen MR) is 122 cm³/mol. The molecule has 1 aliphatic rings. The van der Waals surface area contributed by atoms with E-state index < -0.39 is 12.1 Å². The highest BCUT2D eigenvalue weighted by Crippen LogP contribution is 2.29. The standard InChI is InChI=1S/C27H23NO3/c1-18(26(29)28-15-14-19-8-2-3-11-22(19)17-28)31-27(30)25-23-12-6-4-9-20(23)16-21-10-5-7-13-24(21)25/h2-13,16,18H,14-15,17H2,1H3/t18-/m0/s1. The van der Waals surface area contributed by atoms with E-state index in [4.69, 9.17) is 4.74 Å². The lowest BCUT2D eigenvalue weighted by Gasteiger charge is -2.30. The summed E-state index contributed by atoms with van der Waals surface area (Å²) < 4.78 is 5.73. The van der Waals surface area contributed by atoms with Crippen LogP contribution in [0.15, 0.2) is 78.9 Å². The van der Waals surface area contributed by atoms with Crippen molar-refractivity contribution in [3.8, 4) is 0 Å². The summed E-state index contributed by atoms with van der Waals surface area (Å²) in [5, 5.41) is 3.61. The predicted octanol–water partition coefficient (Wildman–Crippen LogP) is 5.12. The third kappa shape index (κ3) is 3.55. The number of amides is 1. The Labute approximate surface area is 181 Å². The molecule has 0 spiro atoms. The molecule has 1 atom stereocenters. The van der Waals surface area contributed by atoms with Crippen LogP contribution in [-0.2, 0) is 22.5 Å². The number of esters is 1. The number of fused-ring (bicyclic) bond motifs is 3. The van der Waals surface area contributed by atoms with Gasteiger partial charge in [-0.3, -0.25) is 4.79 Å². The van der Waals surface area contributed by atoms with Gasteiger partial charge in [0.05, 0.1) is 5.56 Å². The topological polar surface area (TPSA) is 46.6 Å². The summed E-state index contributed by atoms with van der Waals surface area (Å²) in [7, 11) is 0. The second-order valence-electron chi connectivity index (χ2n) is 8.02. The van der Waals surface area contributed by atoms with Crippen molar-refractivity contribution in [1.29, 1.82) is 0 Å². The SMILES string of the molecule is C[C@H](OC(=O)c1c2ccccc2cc2ccccc12)C(=O)N1CCc2ccccc2C1. The van der Waals surface area contributed by atoms with Gasteiger partial charge in [-0.15, -0.1) is 0 Å². The number of carbonyl (C=O) groups excluding carboxylic acids is 2. The summed E-state index contributed by atoms with van der Waals surface area (Å²) in [5.74, 6) is -0.626. The molecule has 0 bridgehead atoms. The van der Waals surface area contributed by atoms with Gasteiger partial charge in [-0.2, -0.15) is 0 Å². The molecular formula is C27H23NO3. The Morgan fingerprint density at radius 1 is 0.839 bits per heavy atom. The van der Waals surface area contributed by atoms with Crippen molar-refractivity contribution in [2.24, 2.45) is 0 Å². The fourth-order valence-electron chi connectivity index (χ4n) is 4.44. The van der Waals surface area contributed by atoms with Gasteiger partial charge in [-0.1, -0.05) is 72.8 Å². The zero-order valence-corrected chi connectivity index (χ0v) is 17.4. The molecule has 0 radical (unpaired) electrons. The molecule has 0 saturated heterocycles. The Balaban J connectivity index is 1.42. The summed E-state index contributed by atoms with van der Waals surface area (Å²) in [6, 6.07) is 25.8. The van der Waals surface area contributed by atoms with Crippen molar-refractivity contribution in [3.05, 3.63) is 95.6 Å². The average Bonchev–Trinajstić information content (AvgIpc) is 2.81. The number of hydrogen-bond donors (Lipinski definition) is 0. The van der Waals surface area contributed by atoms with Crippen molar-refractivity contribution in [2.75, 3.05) is 6.54 Å². The number of ether oxygens (including phenoxy) is 1. The maximum atomic E-state index is 13.3. The van der Waals surface area contributed by atoms with Crippen LogP contribution in [0.25, 0.3) is 21.5 Å². The highest BCUT2D eigenvalue weighted by Gasteiger charge is 2.28. The molecule has 5 rings (SSSR count). The monoisotopic (exact) mass is 409 g/mol. The quantitative estimate of drug-likeness (QED) is 0.348. The molecule has 4 nitrogen and oxygen atoms in total. The van der Waals surface area contributed by atoms with Gasteiger partial charge >= 0.3 is 5.97 Å². The van der Waals surface area contributed by atoms with E-state index >= 15 is 0 Å². The van der Waals surface area contributed by atoms with Crippen molar-refractivity contribution < 1.29 is 14.3 Å². The van der Waals surface area contributed by atoms with Gasteiger partial charge < -0.3 is 9.64 Å². The minimum absolute atomic E-state index is 0.160. The minimum atomic E-state index is -0.851. The Bertz CT molecular complexity index is 1260. The van der Waals surface area contributed by atoms with Crippen LogP contribution >= 0.6 is 0 Å². The maximum absolute atomic E-state index is 13.3. The molecule has 0 fully saturated rings. The van der Waals surface area contributed by atoms with Gasteiger partial charge in [0.2, 0.25) is 0 Å². The van der Waals surface area contributed by atoms with E-state index in [2.05, 4.69) is 12.1 Å². The Morgan fingerprint density at radius 2 is 1.42 bits per heavy atom. The Kier molecular flexibility index (Phi) is 4.91. The number of benzene rings is 4.